The molecule has 104 valence electrons. The zero-order valence-electron chi connectivity index (χ0n) is 12.3. The van der Waals surface area contributed by atoms with Crippen LogP contribution in [0.15, 0.2) is 24.3 Å². The average Bonchev–Trinajstić information content (AvgIpc) is 2.35. The van der Waals surface area contributed by atoms with Crippen molar-refractivity contribution in [1.29, 1.82) is 0 Å². The van der Waals surface area contributed by atoms with E-state index in [0.717, 1.165) is 11.3 Å². The van der Waals surface area contributed by atoms with E-state index in [2.05, 4.69) is 20.8 Å². The molecule has 1 aromatic carbocycles. The smallest absolute Gasteiger partial charge is 0.330 e. The lowest BCUT2D eigenvalue weighted by molar-refractivity contribution is -0.137. The van der Waals surface area contributed by atoms with Gasteiger partial charge in [0.05, 0.1) is 13.7 Å². The summed E-state index contributed by atoms with van der Waals surface area (Å²) >= 11 is 0. The average molecular weight is 262 g/mol. The van der Waals surface area contributed by atoms with Crippen molar-refractivity contribution in [2.45, 2.75) is 33.1 Å². The number of esters is 1. The highest BCUT2D eigenvalue weighted by Gasteiger charge is 2.15. The Hall–Kier alpha value is -1.77. The molecule has 19 heavy (non-hydrogen) atoms. The molecule has 0 N–H and O–H groups in total. The molecule has 0 amide bonds. The third-order valence-electron chi connectivity index (χ3n) is 2.78. The van der Waals surface area contributed by atoms with Crippen LogP contribution in [-0.4, -0.2) is 19.7 Å². The van der Waals surface area contributed by atoms with Gasteiger partial charge in [0, 0.05) is 11.6 Å². The monoisotopic (exact) mass is 262 g/mol. The van der Waals surface area contributed by atoms with E-state index in [1.54, 1.807) is 20.1 Å². The number of carbonyl (C=O) groups excluding carboxylic acids is 1. The Morgan fingerprint density at radius 2 is 2.00 bits per heavy atom. The number of hydrogen-bond donors (Lipinski definition) is 0. The van der Waals surface area contributed by atoms with E-state index in [9.17, 15) is 4.79 Å². The largest absolute Gasteiger partial charge is 0.496 e. The van der Waals surface area contributed by atoms with Crippen LogP contribution in [0, 0.1) is 0 Å². The van der Waals surface area contributed by atoms with Crippen LogP contribution in [0.1, 0.15) is 38.8 Å². The molecule has 0 aliphatic heterocycles. The summed E-state index contributed by atoms with van der Waals surface area (Å²) in [7, 11) is 1.62. The lowest BCUT2D eigenvalue weighted by Gasteiger charge is -2.20. The standard InChI is InChI=1S/C16H22O3/c1-6-19-15(17)10-7-12-11-13(16(2,3)4)8-9-14(12)18-5/h7-11H,6H2,1-5H3. The third kappa shape index (κ3) is 4.43. The number of carbonyl (C=O) groups is 1. The SMILES string of the molecule is CCOC(=O)C=Cc1cc(C(C)(C)C)ccc1OC. The van der Waals surface area contributed by atoms with E-state index in [1.807, 2.05) is 18.2 Å². The summed E-state index contributed by atoms with van der Waals surface area (Å²) in [6, 6.07) is 6.00. The second-order valence-electron chi connectivity index (χ2n) is 5.29. The van der Waals surface area contributed by atoms with Gasteiger partial charge < -0.3 is 9.47 Å². The predicted molar refractivity (Wildman–Crippen MR) is 77.4 cm³/mol. The van der Waals surface area contributed by atoms with Gasteiger partial charge in [0.2, 0.25) is 0 Å². The maximum atomic E-state index is 11.3. The van der Waals surface area contributed by atoms with E-state index >= 15 is 0 Å². The number of hydrogen-bond acceptors (Lipinski definition) is 3. The van der Waals surface area contributed by atoms with Gasteiger partial charge in [-0.15, -0.1) is 0 Å². The maximum absolute atomic E-state index is 11.3. The third-order valence-corrected chi connectivity index (χ3v) is 2.78. The van der Waals surface area contributed by atoms with Gasteiger partial charge in [-0.05, 0) is 36.1 Å². The van der Waals surface area contributed by atoms with Crippen molar-refractivity contribution in [1.82, 2.24) is 0 Å². The van der Waals surface area contributed by atoms with E-state index in [0.29, 0.717) is 6.61 Å². The van der Waals surface area contributed by atoms with Crippen molar-refractivity contribution in [2.75, 3.05) is 13.7 Å². The Bertz CT molecular complexity index is 467. The van der Waals surface area contributed by atoms with Gasteiger partial charge in [0.25, 0.3) is 0 Å². The molecule has 0 aliphatic carbocycles. The molecule has 3 heteroatoms. The molecule has 3 nitrogen and oxygen atoms in total. The molecule has 0 spiro atoms. The zero-order chi connectivity index (χ0) is 14.5. The summed E-state index contributed by atoms with van der Waals surface area (Å²) in [6.07, 6.45) is 3.15. The minimum atomic E-state index is -0.342. The quantitative estimate of drug-likeness (QED) is 0.614. The molecule has 1 rings (SSSR count). The lowest BCUT2D eigenvalue weighted by atomic mass is 9.86. The van der Waals surface area contributed by atoms with Crippen LogP contribution in [-0.2, 0) is 14.9 Å². The van der Waals surface area contributed by atoms with E-state index < -0.39 is 0 Å². The van der Waals surface area contributed by atoms with Gasteiger partial charge in [-0.25, -0.2) is 4.79 Å². The van der Waals surface area contributed by atoms with Gasteiger partial charge in [0.15, 0.2) is 0 Å². The van der Waals surface area contributed by atoms with Crippen molar-refractivity contribution in [3.8, 4) is 5.75 Å². The summed E-state index contributed by atoms with van der Waals surface area (Å²) in [4.78, 5) is 11.3. The highest BCUT2D eigenvalue weighted by atomic mass is 16.5. The molecule has 0 fully saturated rings. The minimum absolute atomic E-state index is 0.0544. The fourth-order valence-electron chi connectivity index (χ4n) is 1.68. The Kier molecular flexibility index (Phi) is 5.16. The molecule has 0 radical (unpaired) electrons. The van der Waals surface area contributed by atoms with Gasteiger partial charge in [-0.2, -0.15) is 0 Å². The topological polar surface area (TPSA) is 35.5 Å². The van der Waals surface area contributed by atoms with Crippen molar-refractivity contribution < 1.29 is 14.3 Å². The van der Waals surface area contributed by atoms with Crippen molar-refractivity contribution >= 4 is 12.0 Å². The zero-order valence-corrected chi connectivity index (χ0v) is 12.3. The Morgan fingerprint density at radius 1 is 1.32 bits per heavy atom. The van der Waals surface area contributed by atoms with Crippen molar-refractivity contribution in [3.63, 3.8) is 0 Å². The molecule has 0 atom stereocenters. The van der Waals surface area contributed by atoms with Crippen molar-refractivity contribution in [2.24, 2.45) is 0 Å². The summed E-state index contributed by atoms with van der Waals surface area (Å²) in [5, 5.41) is 0. The minimum Gasteiger partial charge on any atom is -0.496 e. The highest BCUT2D eigenvalue weighted by molar-refractivity contribution is 5.87. The van der Waals surface area contributed by atoms with Crippen LogP contribution in [0.25, 0.3) is 6.08 Å². The Morgan fingerprint density at radius 3 is 2.53 bits per heavy atom. The molecule has 1 aromatic rings. The van der Waals surface area contributed by atoms with Crippen LogP contribution in [0.2, 0.25) is 0 Å². The van der Waals surface area contributed by atoms with Crippen LogP contribution in [0.3, 0.4) is 0 Å². The molecular weight excluding hydrogens is 240 g/mol. The summed E-state index contributed by atoms with van der Waals surface area (Å²) in [6.45, 7) is 8.60. The van der Waals surface area contributed by atoms with Gasteiger partial charge in [0.1, 0.15) is 5.75 Å². The first-order valence-corrected chi connectivity index (χ1v) is 6.42. The Labute approximate surface area is 115 Å². The fourth-order valence-corrected chi connectivity index (χ4v) is 1.68. The first kappa shape index (κ1) is 15.3. The van der Waals surface area contributed by atoms with E-state index in [1.165, 1.54) is 11.6 Å². The molecule has 0 heterocycles. The van der Waals surface area contributed by atoms with E-state index in [4.69, 9.17) is 9.47 Å². The number of methoxy groups -OCH3 is 1. The Balaban J connectivity index is 3.06. The van der Waals surface area contributed by atoms with Gasteiger partial charge >= 0.3 is 5.97 Å². The van der Waals surface area contributed by atoms with Gasteiger partial charge in [-0.3, -0.25) is 0 Å². The number of ether oxygens (including phenoxy) is 2. The second-order valence-corrected chi connectivity index (χ2v) is 5.29. The molecule has 0 bridgehead atoms. The molecule has 0 aromatic heterocycles. The lowest BCUT2D eigenvalue weighted by Crippen LogP contribution is -2.11. The van der Waals surface area contributed by atoms with Gasteiger partial charge in [-0.1, -0.05) is 26.8 Å². The van der Waals surface area contributed by atoms with Crippen LogP contribution in [0.5, 0.6) is 5.75 Å². The summed E-state index contributed by atoms with van der Waals surface area (Å²) in [5.74, 6) is 0.402. The van der Waals surface area contributed by atoms with Crippen LogP contribution in [0.4, 0.5) is 0 Å². The van der Waals surface area contributed by atoms with Crippen molar-refractivity contribution in [3.05, 3.63) is 35.4 Å². The first-order valence-electron chi connectivity index (χ1n) is 6.42. The maximum Gasteiger partial charge on any atom is 0.330 e. The number of benzene rings is 1. The molecule has 0 saturated heterocycles. The van der Waals surface area contributed by atoms with Crippen LogP contribution >= 0.6 is 0 Å². The molecule has 0 saturated carbocycles. The molecule has 0 unspecified atom stereocenters. The summed E-state index contributed by atoms with van der Waals surface area (Å²) < 4.78 is 10.2. The number of rotatable bonds is 4. The second kappa shape index (κ2) is 6.41. The van der Waals surface area contributed by atoms with Crippen LogP contribution < -0.4 is 4.74 Å². The predicted octanol–water partition coefficient (Wildman–Crippen LogP) is 3.57. The fraction of sp³-hybridized carbons (Fsp3) is 0.438. The van der Waals surface area contributed by atoms with E-state index in [-0.39, 0.29) is 11.4 Å². The normalized spacial score (nSPS) is 11.6. The summed E-state index contributed by atoms with van der Waals surface area (Å²) in [5.41, 5.74) is 2.12. The molecular formula is C16H22O3. The molecule has 0 aliphatic rings. The highest BCUT2D eigenvalue weighted by Crippen LogP contribution is 2.28. The first-order chi connectivity index (χ1) is 8.88.